The number of hydrogen-bond donors (Lipinski definition) is 0. The Morgan fingerprint density at radius 3 is 2.45 bits per heavy atom. The number of carbonyl (C=O) groups excluding carboxylic acids is 1. The van der Waals surface area contributed by atoms with Gasteiger partial charge in [0.05, 0.1) is 26.8 Å². The molecule has 0 N–H and O–H groups in total. The average molecular weight is 454 g/mol. The Morgan fingerprint density at radius 2 is 1.71 bits per heavy atom. The Morgan fingerprint density at radius 1 is 0.968 bits per heavy atom. The zero-order valence-corrected chi connectivity index (χ0v) is 18.4. The molecular weight excluding hydrogens is 434 g/mol. The molecule has 10 heteroatoms. The highest BCUT2D eigenvalue weighted by molar-refractivity contribution is 7.91. The number of thiazole rings is 1. The minimum absolute atomic E-state index is 0.137. The van der Waals surface area contributed by atoms with Crippen molar-refractivity contribution >= 4 is 53.5 Å². The fraction of sp³-hybridized carbons (Fsp3) is 0.238. The number of carbonyl (C=O) groups is 1. The fourth-order valence-electron chi connectivity index (χ4n) is 3.67. The van der Waals surface area contributed by atoms with Gasteiger partial charge in [-0.25, -0.2) is 18.4 Å². The Kier molecular flexibility index (Phi) is 4.82. The van der Waals surface area contributed by atoms with Crippen molar-refractivity contribution in [2.75, 3.05) is 37.3 Å². The lowest BCUT2D eigenvalue weighted by Gasteiger charge is -2.34. The summed E-state index contributed by atoms with van der Waals surface area (Å²) in [6, 6.07) is 12.7. The molecule has 4 aromatic rings. The van der Waals surface area contributed by atoms with Gasteiger partial charge < -0.3 is 9.80 Å². The third-order valence-electron chi connectivity index (χ3n) is 5.28. The quantitative estimate of drug-likeness (QED) is 0.470. The monoisotopic (exact) mass is 453 g/mol. The van der Waals surface area contributed by atoms with E-state index in [9.17, 15) is 13.2 Å². The molecule has 0 radical (unpaired) electrons. The summed E-state index contributed by atoms with van der Waals surface area (Å²) in [6.07, 6.45) is 2.72. The van der Waals surface area contributed by atoms with Crippen molar-refractivity contribution in [3.8, 4) is 0 Å². The first-order chi connectivity index (χ1) is 14.9. The normalized spacial score (nSPS) is 15.0. The number of piperazine rings is 1. The summed E-state index contributed by atoms with van der Waals surface area (Å²) in [4.78, 5) is 30.4. The number of nitrogens with zero attached hydrogens (tertiary/aromatic N) is 5. The van der Waals surface area contributed by atoms with Gasteiger partial charge in [0.25, 0.3) is 5.91 Å². The van der Waals surface area contributed by atoms with Gasteiger partial charge in [-0.05, 0) is 24.3 Å². The number of para-hydroxylation sites is 3. The number of hydrogen-bond acceptors (Lipinski definition) is 8. The summed E-state index contributed by atoms with van der Waals surface area (Å²) in [7, 11) is -3.35. The van der Waals surface area contributed by atoms with Crippen LogP contribution in [0.2, 0.25) is 0 Å². The van der Waals surface area contributed by atoms with Gasteiger partial charge in [0.15, 0.2) is 15.0 Å². The van der Waals surface area contributed by atoms with E-state index < -0.39 is 9.84 Å². The van der Waals surface area contributed by atoms with Crippen molar-refractivity contribution in [2.24, 2.45) is 0 Å². The van der Waals surface area contributed by atoms with Crippen molar-refractivity contribution in [1.82, 2.24) is 19.9 Å². The van der Waals surface area contributed by atoms with E-state index in [1.807, 2.05) is 30.3 Å². The van der Waals surface area contributed by atoms with Crippen LogP contribution in [0.3, 0.4) is 0 Å². The van der Waals surface area contributed by atoms with E-state index in [0.717, 1.165) is 15.3 Å². The lowest BCUT2D eigenvalue weighted by atomic mass is 10.2. The predicted molar refractivity (Wildman–Crippen MR) is 120 cm³/mol. The molecule has 158 valence electrons. The second-order valence-corrected chi connectivity index (χ2v) is 10.4. The number of fused-ring (bicyclic) bond motifs is 2. The summed E-state index contributed by atoms with van der Waals surface area (Å²) in [5.41, 5.74) is 2.30. The highest BCUT2D eigenvalue weighted by atomic mass is 32.2. The van der Waals surface area contributed by atoms with E-state index in [-0.39, 0.29) is 10.8 Å². The van der Waals surface area contributed by atoms with E-state index in [4.69, 9.17) is 0 Å². The molecule has 31 heavy (non-hydrogen) atoms. The maximum atomic E-state index is 12.9. The smallest absolute Gasteiger partial charge is 0.274 e. The first-order valence-corrected chi connectivity index (χ1v) is 12.5. The topological polar surface area (TPSA) is 96.4 Å². The van der Waals surface area contributed by atoms with Crippen molar-refractivity contribution in [3.63, 3.8) is 0 Å². The third-order valence-corrected chi connectivity index (χ3v) is 7.49. The van der Waals surface area contributed by atoms with Gasteiger partial charge in [0.2, 0.25) is 0 Å². The lowest BCUT2D eigenvalue weighted by molar-refractivity contribution is 0.0741. The third kappa shape index (κ3) is 3.72. The molecule has 0 bridgehead atoms. The molecule has 8 nitrogen and oxygen atoms in total. The van der Waals surface area contributed by atoms with E-state index in [1.54, 1.807) is 17.0 Å². The first-order valence-electron chi connectivity index (χ1n) is 9.76. The summed E-state index contributed by atoms with van der Waals surface area (Å²) >= 11 is 1.47. The van der Waals surface area contributed by atoms with Crippen LogP contribution >= 0.6 is 11.3 Å². The van der Waals surface area contributed by atoms with E-state index in [1.165, 1.54) is 23.8 Å². The second-order valence-electron chi connectivity index (χ2n) is 7.39. The SMILES string of the molecule is CS(=O)(=O)c1cccc2sc(N3CCN(C(=O)c4cnc5ccccc5n4)CC3)nc12. The number of aromatic nitrogens is 3. The van der Waals surface area contributed by atoms with Crippen LogP contribution in [0.25, 0.3) is 21.3 Å². The van der Waals surface area contributed by atoms with Gasteiger partial charge in [-0.1, -0.05) is 29.5 Å². The van der Waals surface area contributed by atoms with Gasteiger partial charge in [-0.3, -0.25) is 9.78 Å². The molecular formula is C21H19N5O3S2. The number of sulfone groups is 1. The second kappa shape index (κ2) is 7.54. The van der Waals surface area contributed by atoms with E-state index in [2.05, 4.69) is 19.9 Å². The van der Waals surface area contributed by atoms with Gasteiger partial charge in [-0.2, -0.15) is 0 Å². The Hall–Kier alpha value is -3.11. The van der Waals surface area contributed by atoms with Crippen molar-refractivity contribution in [1.29, 1.82) is 0 Å². The van der Waals surface area contributed by atoms with Crippen molar-refractivity contribution in [2.45, 2.75) is 4.90 Å². The van der Waals surface area contributed by atoms with Crippen molar-refractivity contribution < 1.29 is 13.2 Å². The molecule has 1 aliphatic heterocycles. The van der Waals surface area contributed by atoms with Crippen LogP contribution in [0.4, 0.5) is 5.13 Å². The number of rotatable bonds is 3. The number of amides is 1. The molecule has 5 rings (SSSR count). The standard InChI is InChI=1S/C21H19N5O3S2/c1-31(28,29)18-8-4-7-17-19(18)24-21(30-17)26-11-9-25(10-12-26)20(27)16-13-22-14-5-2-3-6-15(14)23-16/h2-8,13H,9-12H2,1H3. The highest BCUT2D eigenvalue weighted by Gasteiger charge is 2.26. The van der Waals surface area contributed by atoms with Crippen LogP contribution in [-0.4, -0.2) is 66.6 Å². The molecule has 2 aromatic carbocycles. The first kappa shape index (κ1) is 19.8. The summed E-state index contributed by atoms with van der Waals surface area (Å²) in [6.45, 7) is 2.28. The summed E-state index contributed by atoms with van der Waals surface area (Å²) < 4.78 is 25.0. The number of benzene rings is 2. The minimum Gasteiger partial charge on any atom is -0.345 e. The van der Waals surface area contributed by atoms with Crippen LogP contribution in [0.1, 0.15) is 10.5 Å². The fourth-order valence-corrected chi connectivity index (χ4v) is 5.61. The van der Waals surface area contributed by atoms with E-state index in [0.29, 0.717) is 42.9 Å². The van der Waals surface area contributed by atoms with Crippen LogP contribution in [0, 0.1) is 0 Å². The van der Waals surface area contributed by atoms with Crippen LogP contribution < -0.4 is 4.90 Å². The van der Waals surface area contributed by atoms with Crippen molar-refractivity contribution in [3.05, 3.63) is 54.4 Å². The molecule has 1 aliphatic rings. The average Bonchev–Trinajstić information content (AvgIpc) is 3.22. The molecule has 0 unspecified atom stereocenters. The number of anilines is 1. The molecule has 0 aliphatic carbocycles. The largest absolute Gasteiger partial charge is 0.345 e. The van der Waals surface area contributed by atoms with Crippen LogP contribution in [0.5, 0.6) is 0 Å². The minimum atomic E-state index is -3.35. The molecule has 2 aromatic heterocycles. The van der Waals surface area contributed by atoms with E-state index >= 15 is 0 Å². The van der Waals surface area contributed by atoms with Gasteiger partial charge in [0.1, 0.15) is 11.2 Å². The van der Waals surface area contributed by atoms with Gasteiger partial charge >= 0.3 is 0 Å². The molecule has 0 saturated carbocycles. The summed E-state index contributed by atoms with van der Waals surface area (Å²) in [5.74, 6) is -0.137. The van der Waals surface area contributed by atoms with Gasteiger partial charge in [-0.15, -0.1) is 0 Å². The Balaban J connectivity index is 1.33. The van der Waals surface area contributed by atoms with Crippen LogP contribution in [-0.2, 0) is 9.84 Å². The Labute approximate surface area is 183 Å². The lowest BCUT2D eigenvalue weighted by Crippen LogP contribution is -2.49. The summed E-state index contributed by atoms with van der Waals surface area (Å²) in [5, 5.41) is 0.767. The highest BCUT2D eigenvalue weighted by Crippen LogP contribution is 2.33. The van der Waals surface area contributed by atoms with Gasteiger partial charge in [0, 0.05) is 32.4 Å². The molecule has 1 fully saturated rings. The maximum absolute atomic E-state index is 12.9. The molecule has 3 heterocycles. The van der Waals surface area contributed by atoms with Crippen LogP contribution in [0.15, 0.2) is 53.6 Å². The zero-order chi connectivity index (χ0) is 21.6. The molecule has 0 atom stereocenters. The predicted octanol–water partition coefficient (Wildman–Crippen LogP) is 2.61. The molecule has 1 saturated heterocycles. The Bertz CT molecular complexity index is 1410. The zero-order valence-electron chi connectivity index (χ0n) is 16.7. The molecule has 1 amide bonds. The maximum Gasteiger partial charge on any atom is 0.274 e. The molecule has 0 spiro atoms.